The number of ether oxygens (including phenoxy) is 3. The van der Waals surface area contributed by atoms with E-state index in [2.05, 4.69) is 4.98 Å². The summed E-state index contributed by atoms with van der Waals surface area (Å²) in [4.78, 5) is 17.9. The van der Waals surface area contributed by atoms with Crippen molar-refractivity contribution in [2.24, 2.45) is 0 Å². The van der Waals surface area contributed by atoms with E-state index in [1.54, 1.807) is 6.07 Å². The zero-order chi connectivity index (χ0) is 15.1. The quantitative estimate of drug-likeness (QED) is 0.900. The summed E-state index contributed by atoms with van der Waals surface area (Å²) in [7, 11) is 0. The van der Waals surface area contributed by atoms with Crippen molar-refractivity contribution in [3.8, 4) is 11.5 Å². The van der Waals surface area contributed by atoms with Crippen LogP contribution in [0.3, 0.4) is 0 Å². The van der Waals surface area contributed by atoms with Gasteiger partial charge in [0.25, 0.3) is 0 Å². The van der Waals surface area contributed by atoms with Gasteiger partial charge in [-0.05, 0) is 6.07 Å². The number of carboxylic acids is 1. The zero-order valence-corrected chi connectivity index (χ0v) is 11.7. The van der Waals surface area contributed by atoms with Gasteiger partial charge in [0.2, 0.25) is 6.79 Å². The highest BCUT2D eigenvalue weighted by molar-refractivity contribution is 6.05. The van der Waals surface area contributed by atoms with Crippen molar-refractivity contribution in [3.63, 3.8) is 0 Å². The summed E-state index contributed by atoms with van der Waals surface area (Å²) in [5.74, 6) is 0.260. The summed E-state index contributed by atoms with van der Waals surface area (Å²) >= 11 is 0. The lowest BCUT2D eigenvalue weighted by molar-refractivity contribution is 0.0696. The van der Waals surface area contributed by atoms with Crippen molar-refractivity contribution < 1.29 is 24.1 Å². The second kappa shape index (κ2) is 5.03. The Morgan fingerprint density at radius 3 is 2.64 bits per heavy atom. The van der Waals surface area contributed by atoms with Crippen LogP contribution >= 0.6 is 0 Å². The van der Waals surface area contributed by atoms with Crippen molar-refractivity contribution in [3.05, 3.63) is 23.9 Å². The summed E-state index contributed by atoms with van der Waals surface area (Å²) in [6.45, 7) is 2.62. The molecule has 0 atom stereocenters. The monoisotopic (exact) mass is 302 g/mol. The molecule has 0 spiro atoms. The molecule has 0 unspecified atom stereocenters. The molecule has 7 nitrogen and oxygen atoms in total. The van der Waals surface area contributed by atoms with E-state index >= 15 is 0 Å². The van der Waals surface area contributed by atoms with Crippen molar-refractivity contribution in [2.45, 2.75) is 0 Å². The topological polar surface area (TPSA) is 81.1 Å². The lowest BCUT2D eigenvalue weighted by Crippen LogP contribution is -2.37. The van der Waals surface area contributed by atoms with E-state index in [4.69, 9.17) is 14.2 Å². The van der Waals surface area contributed by atoms with Gasteiger partial charge in [0.1, 0.15) is 5.56 Å². The fourth-order valence-corrected chi connectivity index (χ4v) is 2.85. The average Bonchev–Trinajstić information content (AvgIpc) is 2.99. The molecule has 0 amide bonds. The normalized spacial score (nSPS) is 17.0. The van der Waals surface area contributed by atoms with Crippen LogP contribution in [0.1, 0.15) is 10.4 Å². The molecule has 1 N–H and O–H groups in total. The van der Waals surface area contributed by atoms with E-state index < -0.39 is 5.97 Å². The second-order valence-corrected chi connectivity index (χ2v) is 5.15. The molecule has 0 aliphatic carbocycles. The Morgan fingerprint density at radius 1 is 1.18 bits per heavy atom. The number of benzene rings is 1. The maximum Gasteiger partial charge on any atom is 0.339 e. The van der Waals surface area contributed by atoms with Crippen molar-refractivity contribution in [1.29, 1.82) is 0 Å². The van der Waals surface area contributed by atoms with E-state index in [0.29, 0.717) is 49.0 Å². The molecule has 0 saturated carbocycles. The SMILES string of the molecule is O=C(O)c1cnc2cc3c(cc2c1N1CCOCC1)OCO3. The summed E-state index contributed by atoms with van der Waals surface area (Å²) < 4.78 is 16.1. The zero-order valence-electron chi connectivity index (χ0n) is 11.7. The molecular formula is C15H14N2O5. The maximum atomic E-state index is 11.6. The van der Waals surface area contributed by atoms with Crippen LogP contribution in [0.5, 0.6) is 11.5 Å². The Morgan fingerprint density at radius 2 is 1.91 bits per heavy atom. The first-order valence-corrected chi connectivity index (χ1v) is 7.02. The Bertz CT molecular complexity index is 755. The number of pyridine rings is 1. The first kappa shape index (κ1) is 13.1. The molecule has 1 aromatic carbocycles. The van der Waals surface area contributed by atoms with Crippen LogP contribution < -0.4 is 14.4 Å². The molecule has 4 rings (SSSR count). The van der Waals surface area contributed by atoms with Crippen molar-refractivity contribution in [2.75, 3.05) is 38.0 Å². The molecule has 0 radical (unpaired) electrons. The fourth-order valence-electron chi connectivity index (χ4n) is 2.85. The number of anilines is 1. The lowest BCUT2D eigenvalue weighted by atomic mass is 10.1. The predicted molar refractivity (Wildman–Crippen MR) is 77.9 cm³/mol. The summed E-state index contributed by atoms with van der Waals surface area (Å²) in [6.07, 6.45) is 1.40. The molecule has 1 fully saturated rings. The molecule has 2 aromatic rings. The largest absolute Gasteiger partial charge is 0.478 e. The third-order valence-corrected chi connectivity index (χ3v) is 3.89. The van der Waals surface area contributed by atoms with Crippen LogP contribution in [0, 0.1) is 0 Å². The van der Waals surface area contributed by atoms with Crippen molar-refractivity contribution >= 4 is 22.6 Å². The third kappa shape index (κ3) is 2.01. The molecule has 22 heavy (non-hydrogen) atoms. The van der Waals surface area contributed by atoms with Gasteiger partial charge in [-0.15, -0.1) is 0 Å². The van der Waals surface area contributed by atoms with E-state index in [9.17, 15) is 9.90 Å². The van der Waals surface area contributed by atoms with Gasteiger partial charge in [-0.25, -0.2) is 4.79 Å². The van der Waals surface area contributed by atoms with Crippen LogP contribution in [0.15, 0.2) is 18.3 Å². The van der Waals surface area contributed by atoms with Crippen LogP contribution in [-0.2, 0) is 4.74 Å². The molecule has 1 aromatic heterocycles. The predicted octanol–water partition coefficient (Wildman–Crippen LogP) is 1.50. The Balaban J connectivity index is 1.95. The molecular weight excluding hydrogens is 288 g/mol. The molecule has 0 bridgehead atoms. The smallest absolute Gasteiger partial charge is 0.339 e. The van der Waals surface area contributed by atoms with E-state index in [1.807, 2.05) is 11.0 Å². The molecule has 114 valence electrons. The van der Waals surface area contributed by atoms with Gasteiger partial charge >= 0.3 is 5.97 Å². The summed E-state index contributed by atoms with van der Waals surface area (Å²) in [5, 5.41) is 10.3. The Kier molecular flexibility index (Phi) is 3.00. The Hall–Kier alpha value is -2.54. The van der Waals surface area contributed by atoms with E-state index in [-0.39, 0.29) is 12.4 Å². The number of morpholine rings is 1. The van der Waals surface area contributed by atoms with Gasteiger partial charge in [0.05, 0.1) is 24.4 Å². The molecule has 2 aliphatic heterocycles. The first-order valence-electron chi connectivity index (χ1n) is 7.02. The van der Waals surface area contributed by atoms with Gasteiger partial charge < -0.3 is 24.2 Å². The van der Waals surface area contributed by atoms with Gasteiger partial charge in [-0.2, -0.15) is 0 Å². The number of fused-ring (bicyclic) bond motifs is 2. The lowest BCUT2D eigenvalue weighted by Gasteiger charge is -2.30. The average molecular weight is 302 g/mol. The number of aromatic carboxylic acids is 1. The number of rotatable bonds is 2. The number of carboxylic acid groups (broad SMARTS) is 1. The van der Waals surface area contributed by atoms with Gasteiger partial charge in [0, 0.05) is 30.7 Å². The number of hydrogen-bond acceptors (Lipinski definition) is 6. The Labute approximate surface area is 126 Å². The van der Waals surface area contributed by atoms with Gasteiger partial charge in [0.15, 0.2) is 11.5 Å². The molecule has 7 heteroatoms. The second-order valence-electron chi connectivity index (χ2n) is 5.15. The highest BCUT2D eigenvalue weighted by atomic mass is 16.7. The number of hydrogen-bond donors (Lipinski definition) is 1. The number of carbonyl (C=O) groups is 1. The van der Waals surface area contributed by atoms with Gasteiger partial charge in [-0.3, -0.25) is 4.98 Å². The van der Waals surface area contributed by atoms with Crippen molar-refractivity contribution in [1.82, 2.24) is 4.98 Å². The number of aromatic nitrogens is 1. The first-order chi connectivity index (χ1) is 10.7. The van der Waals surface area contributed by atoms with Crippen LogP contribution in [0.4, 0.5) is 5.69 Å². The highest BCUT2D eigenvalue weighted by Gasteiger charge is 2.24. The summed E-state index contributed by atoms with van der Waals surface area (Å²) in [5.41, 5.74) is 1.54. The third-order valence-electron chi connectivity index (χ3n) is 3.89. The number of nitrogens with zero attached hydrogens (tertiary/aromatic N) is 2. The van der Waals surface area contributed by atoms with Crippen LogP contribution in [0.2, 0.25) is 0 Å². The highest BCUT2D eigenvalue weighted by Crippen LogP contribution is 2.40. The van der Waals surface area contributed by atoms with E-state index in [1.165, 1.54) is 6.20 Å². The fraction of sp³-hybridized carbons (Fsp3) is 0.333. The van der Waals surface area contributed by atoms with E-state index in [0.717, 1.165) is 5.39 Å². The summed E-state index contributed by atoms with van der Waals surface area (Å²) in [6, 6.07) is 3.59. The minimum absolute atomic E-state index is 0.171. The molecule has 3 heterocycles. The van der Waals surface area contributed by atoms with Gasteiger partial charge in [-0.1, -0.05) is 0 Å². The molecule has 1 saturated heterocycles. The minimum Gasteiger partial charge on any atom is -0.478 e. The van der Waals surface area contributed by atoms with Crippen LogP contribution in [-0.4, -0.2) is 49.2 Å². The van der Waals surface area contributed by atoms with Crippen LogP contribution in [0.25, 0.3) is 10.9 Å². The minimum atomic E-state index is -0.992. The maximum absolute atomic E-state index is 11.6. The molecule has 2 aliphatic rings. The standard InChI is InChI=1S/C15H14N2O5/c18-15(19)10-7-16-11-6-13-12(21-8-22-13)5-9(11)14(10)17-1-3-20-4-2-17/h5-7H,1-4,8H2,(H,18,19).